The number of rotatable bonds is 8. The molecular weight excluding hydrogens is 388 g/mol. The molecule has 0 aliphatic carbocycles. The van der Waals surface area contributed by atoms with Gasteiger partial charge >= 0.3 is 0 Å². The summed E-state index contributed by atoms with van der Waals surface area (Å²) in [5.74, 6) is -0.744. The molecule has 1 amide bonds. The monoisotopic (exact) mass is 414 g/mol. The molecule has 1 aliphatic heterocycles. The first-order valence-corrected chi connectivity index (χ1v) is 10.4. The average Bonchev–Trinajstić information content (AvgIpc) is 3.28. The van der Waals surface area contributed by atoms with Crippen molar-refractivity contribution in [3.8, 4) is 5.75 Å². The highest BCUT2D eigenvalue weighted by Crippen LogP contribution is 2.42. The molecule has 2 heterocycles. The van der Waals surface area contributed by atoms with Crippen LogP contribution >= 0.6 is 11.3 Å². The Labute approximate surface area is 175 Å². The van der Waals surface area contributed by atoms with Gasteiger partial charge in [-0.2, -0.15) is 0 Å². The lowest BCUT2D eigenvalue weighted by Gasteiger charge is -2.29. The van der Waals surface area contributed by atoms with Gasteiger partial charge in [0.2, 0.25) is 5.78 Å². The summed E-state index contributed by atoms with van der Waals surface area (Å²) < 4.78 is 5.96. The van der Waals surface area contributed by atoms with E-state index in [-0.39, 0.29) is 17.5 Å². The van der Waals surface area contributed by atoms with E-state index < -0.39 is 17.7 Å². The summed E-state index contributed by atoms with van der Waals surface area (Å²) in [4.78, 5) is 30.2. The van der Waals surface area contributed by atoms with E-state index in [1.807, 2.05) is 57.1 Å². The van der Waals surface area contributed by atoms with Crippen LogP contribution in [-0.4, -0.2) is 59.9 Å². The van der Waals surface area contributed by atoms with Gasteiger partial charge in [0.15, 0.2) is 5.76 Å². The molecule has 1 unspecified atom stereocenters. The number of Topliss-reactive ketones (excluding diaryl/α,β-unsaturated/α-hetero) is 1. The van der Waals surface area contributed by atoms with Crippen LogP contribution in [0.2, 0.25) is 0 Å². The first-order valence-electron chi connectivity index (χ1n) is 9.53. The Morgan fingerprint density at radius 3 is 2.59 bits per heavy atom. The number of hydrogen-bond donors (Lipinski definition) is 1. The van der Waals surface area contributed by atoms with Crippen molar-refractivity contribution in [2.75, 3.05) is 27.2 Å². The number of aliphatic hydroxyl groups is 1. The largest absolute Gasteiger partial charge is 0.503 e. The van der Waals surface area contributed by atoms with E-state index in [1.165, 1.54) is 11.3 Å². The molecule has 1 aliphatic rings. The number of nitrogens with zero attached hydrogens (tertiary/aromatic N) is 2. The van der Waals surface area contributed by atoms with Crippen molar-refractivity contribution in [2.24, 2.45) is 0 Å². The Kier molecular flexibility index (Phi) is 6.39. The first-order chi connectivity index (χ1) is 13.8. The van der Waals surface area contributed by atoms with Gasteiger partial charge in [-0.15, -0.1) is 11.3 Å². The van der Waals surface area contributed by atoms with Gasteiger partial charge in [-0.3, -0.25) is 9.59 Å². The topological polar surface area (TPSA) is 70.1 Å². The Hall–Kier alpha value is -2.64. The fourth-order valence-corrected chi connectivity index (χ4v) is 4.03. The molecule has 1 aromatic carbocycles. The zero-order valence-corrected chi connectivity index (χ0v) is 17.9. The highest BCUT2D eigenvalue weighted by atomic mass is 32.1. The number of hydrogen-bond acceptors (Lipinski definition) is 6. The van der Waals surface area contributed by atoms with Gasteiger partial charge in [0.05, 0.1) is 22.6 Å². The molecular formula is C22H26N2O4S. The molecule has 6 nitrogen and oxygen atoms in total. The summed E-state index contributed by atoms with van der Waals surface area (Å²) >= 11 is 1.29. The minimum atomic E-state index is -0.702. The summed E-state index contributed by atoms with van der Waals surface area (Å²) in [6.07, 6.45) is -0.0718. The van der Waals surface area contributed by atoms with Crippen LogP contribution in [0.3, 0.4) is 0 Å². The number of para-hydroxylation sites is 1. The van der Waals surface area contributed by atoms with Crippen LogP contribution < -0.4 is 4.74 Å². The number of carbonyl (C=O) groups is 2. The van der Waals surface area contributed by atoms with E-state index in [0.29, 0.717) is 29.3 Å². The van der Waals surface area contributed by atoms with Crippen molar-refractivity contribution < 1.29 is 19.4 Å². The van der Waals surface area contributed by atoms with E-state index in [0.717, 1.165) is 0 Å². The van der Waals surface area contributed by atoms with Crippen LogP contribution in [0.25, 0.3) is 0 Å². The van der Waals surface area contributed by atoms with Crippen molar-refractivity contribution in [1.82, 2.24) is 9.80 Å². The highest BCUT2D eigenvalue weighted by Gasteiger charge is 2.44. The van der Waals surface area contributed by atoms with Crippen LogP contribution in [-0.2, 0) is 4.79 Å². The van der Waals surface area contributed by atoms with Crippen LogP contribution in [0, 0.1) is 0 Å². The maximum absolute atomic E-state index is 13.2. The maximum atomic E-state index is 13.2. The lowest BCUT2D eigenvalue weighted by molar-refractivity contribution is -0.129. The molecule has 0 saturated heterocycles. The summed E-state index contributed by atoms with van der Waals surface area (Å²) in [5.41, 5.74) is 0.799. The minimum absolute atomic E-state index is 0.0718. The minimum Gasteiger partial charge on any atom is -0.503 e. The fourth-order valence-electron chi connectivity index (χ4n) is 3.36. The molecule has 1 aromatic heterocycles. The van der Waals surface area contributed by atoms with Gasteiger partial charge in [0, 0.05) is 18.7 Å². The number of aliphatic hydroxyl groups excluding tert-OH is 1. The standard InChI is InChI=1S/C22H26N2O4S/c1-14(2)28-16-9-6-5-8-15(16)19-18(20(25)17-10-7-13-29-17)21(26)22(27)24(19)12-11-23(3)4/h5-10,13-14,19,26H,11-12H2,1-4H3. The first kappa shape index (κ1) is 21.1. The summed E-state index contributed by atoms with van der Waals surface area (Å²) in [5, 5.41) is 12.5. The number of ether oxygens (including phenoxy) is 1. The summed E-state index contributed by atoms with van der Waals surface area (Å²) in [6.45, 7) is 4.82. The Morgan fingerprint density at radius 1 is 1.24 bits per heavy atom. The average molecular weight is 415 g/mol. The predicted octanol–water partition coefficient (Wildman–Crippen LogP) is 3.68. The molecule has 0 radical (unpaired) electrons. The van der Waals surface area contributed by atoms with E-state index in [2.05, 4.69) is 0 Å². The van der Waals surface area contributed by atoms with Gasteiger partial charge in [-0.05, 0) is 45.5 Å². The molecule has 7 heteroatoms. The number of benzene rings is 1. The second-order valence-electron chi connectivity index (χ2n) is 7.48. The Balaban J connectivity index is 2.11. The van der Waals surface area contributed by atoms with Crippen LogP contribution in [0.1, 0.15) is 35.1 Å². The molecule has 3 rings (SSSR count). The second kappa shape index (κ2) is 8.80. The van der Waals surface area contributed by atoms with Gasteiger partial charge in [-0.1, -0.05) is 24.3 Å². The van der Waals surface area contributed by atoms with Crippen molar-refractivity contribution in [3.63, 3.8) is 0 Å². The van der Waals surface area contributed by atoms with Gasteiger partial charge in [-0.25, -0.2) is 0 Å². The SMILES string of the molecule is CC(C)Oc1ccccc1C1C(C(=O)c2cccs2)=C(O)C(=O)N1CCN(C)C. The third kappa shape index (κ3) is 4.36. The third-order valence-corrected chi connectivity index (χ3v) is 5.53. The van der Waals surface area contributed by atoms with Gasteiger partial charge in [0.25, 0.3) is 5.91 Å². The van der Waals surface area contributed by atoms with Gasteiger partial charge < -0.3 is 19.6 Å². The van der Waals surface area contributed by atoms with Crippen molar-refractivity contribution in [1.29, 1.82) is 0 Å². The van der Waals surface area contributed by atoms with Crippen molar-refractivity contribution >= 4 is 23.0 Å². The molecule has 0 saturated carbocycles. The van der Waals surface area contributed by atoms with E-state index >= 15 is 0 Å². The number of amides is 1. The van der Waals surface area contributed by atoms with Crippen LogP contribution in [0.15, 0.2) is 53.1 Å². The quantitative estimate of drug-likeness (QED) is 0.668. The third-order valence-electron chi connectivity index (χ3n) is 4.66. The number of likely N-dealkylation sites (N-methyl/N-ethyl adjacent to an activating group) is 1. The normalized spacial score (nSPS) is 17.0. The lowest BCUT2D eigenvalue weighted by Crippen LogP contribution is -2.36. The molecule has 0 spiro atoms. The number of carbonyl (C=O) groups excluding carboxylic acids is 2. The summed E-state index contributed by atoms with van der Waals surface area (Å²) in [7, 11) is 3.83. The lowest BCUT2D eigenvalue weighted by atomic mass is 9.94. The zero-order chi connectivity index (χ0) is 21.1. The second-order valence-corrected chi connectivity index (χ2v) is 8.43. The van der Waals surface area contributed by atoms with E-state index in [4.69, 9.17) is 4.74 Å². The molecule has 0 bridgehead atoms. The number of thiophene rings is 1. The number of ketones is 1. The van der Waals surface area contributed by atoms with Gasteiger partial charge in [0.1, 0.15) is 5.75 Å². The fraction of sp³-hybridized carbons (Fsp3) is 0.364. The Bertz CT molecular complexity index is 919. The molecule has 2 aromatic rings. The molecule has 1 atom stereocenters. The molecule has 0 fully saturated rings. The Morgan fingerprint density at radius 2 is 1.97 bits per heavy atom. The molecule has 29 heavy (non-hydrogen) atoms. The predicted molar refractivity (Wildman–Crippen MR) is 114 cm³/mol. The molecule has 1 N–H and O–H groups in total. The van der Waals surface area contributed by atoms with Crippen LogP contribution in [0.4, 0.5) is 0 Å². The smallest absolute Gasteiger partial charge is 0.290 e. The van der Waals surface area contributed by atoms with E-state index in [1.54, 1.807) is 22.4 Å². The van der Waals surface area contributed by atoms with Crippen molar-refractivity contribution in [2.45, 2.75) is 26.0 Å². The van der Waals surface area contributed by atoms with E-state index in [9.17, 15) is 14.7 Å². The summed E-state index contributed by atoms with van der Waals surface area (Å²) in [6, 6.07) is 10.2. The highest BCUT2D eigenvalue weighted by molar-refractivity contribution is 7.12. The zero-order valence-electron chi connectivity index (χ0n) is 17.1. The van der Waals surface area contributed by atoms with Crippen LogP contribution in [0.5, 0.6) is 5.75 Å². The van der Waals surface area contributed by atoms with Crippen molar-refractivity contribution in [3.05, 3.63) is 63.6 Å². The maximum Gasteiger partial charge on any atom is 0.290 e. The molecule has 154 valence electrons.